The fourth-order valence-electron chi connectivity index (χ4n) is 2.52. The van der Waals surface area contributed by atoms with Gasteiger partial charge >= 0.3 is 0 Å². The van der Waals surface area contributed by atoms with Crippen LogP contribution in [0.4, 0.5) is 5.82 Å². The molecule has 1 aliphatic rings. The Morgan fingerprint density at radius 2 is 2.18 bits per heavy atom. The van der Waals surface area contributed by atoms with Crippen molar-refractivity contribution in [2.24, 2.45) is 5.73 Å². The van der Waals surface area contributed by atoms with Gasteiger partial charge in [0.2, 0.25) is 0 Å². The zero-order valence-electron chi connectivity index (χ0n) is 9.73. The average molecular weight is 231 g/mol. The van der Waals surface area contributed by atoms with E-state index >= 15 is 0 Å². The van der Waals surface area contributed by atoms with Gasteiger partial charge in [-0.3, -0.25) is 0 Å². The van der Waals surface area contributed by atoms with Crippen LogP contribution in [0, 0.1) is 0 Å². The summed E-state index contributed by atoms with van der Waals surface area (Å²) in [5.41, 5.74) is 7.00. The molecule has 3 rings (SSSR count). The van der Waals surface area contributed by atoms with Crippen LogP contribution < -0.4 is 11.1 Å². The molecule has 2 atom stereocenters. The minimum absolute atomic E-state index is 0.229. The fraction of sp³-hybridized carbons (Fsp3) is 0.462. The van der Waals surface area contributed by atoms with Crippen LogP contribution in [0.3, 0.4) is 0 Å². The Morgan fingerprint density at radius 1 is 1.29 bits per heavy atom. The van der Waals surface area contributed by atoms with Crippen molar-refractivity contribution in [3.63, 3.8) is 0 Å². The van der Waals surface area contributed by atoms with Gasteiger partial charge in [0.1, 0.15) is 11.4 Å². The van der Waals surface area contributed by atoms with Gasteiger partial charge in [-0.05, 0) is 25.0 Å². The van der Waals surface area contributed by atoms with Crippen molar-refractivity contribution in [2.45, 2.75) is 37.8 Å². The molecule has 1 fully saturated rings. The Hall–Kier alpha value is -1.55. The van der Waals surface area contributed by atoms with Crippen LogP contribution in [0.15, 0.2) is 29.0 Å². The molecule has 0 bridgehead atoms. The van der Waals surface area contributed by atoms with E-state index in [-0.39, 0.29) is 6.04 Å². The summed E-state index contributed by atoms with van der Waals surface area (Å²) >= 11 is 0. The normalized spacial score (nSPS) is 25.0. The highest BCUT2D eigenvalue weighted by Gasteiger charge is 2.22. The van der Waals surface area contributed by atoms with E-state index < -0.39 is 0 Å². The van der Waals surface area contributed by atoms with Crippen LogP contribution >= 0.6 is 0 Å². The second-order valence-corrected chi connectivity index (χ2v) is 4.69. The Balaban J connectivity index is 1.86. The molecule has 17 heavy (non-hydrogen) atoms. The molecule has 90 valence electrons. The van der Waals surface area contributed by atoms with E-state index in [2.05, 4.69) is 10.3 Å². The van der Waals surface area contributed by atoms with E-state index in [0.29, 0.717) is 6.04 Å². The number of pyridine rings is 1. The van der Waals surface area contributed by atoms with Crippen LogP contribution in [0.5, 0.6) is 0 Å². The molecular weight excluding hydrogens is 214 g/mol. The zero-order chi connectivity index (χ0) is 11.7. The van der Waals surface area contributed by atoms with Gasteiger partial charge in [0.05, 0.1) is 11.6 Å². The molecule has 2 aromatic rings. The molecule has 3 N–H and O–H groups in total. The largest absolute Gasteiger partial charge is 0.464 e. The zero-order valence-corrected chi connectivity index (χ0v) is 9.73. The second-order valence-electron chi connectivity index (χ2n) is 4.69. The number of hydrogen-bond donors (Lipinski definition) is 2. The lowest BCUT2D eigenvalue weighted by Gasteiger charge is -2.29. The van der Waals surface area contributed by atoms with Gasteiger partial charge in [-0.1, -0.05) is 12.8 Å². The summed E-state index contributed by atoms with van der Waals surface area (Å²) in [6.07, 6.45) is 8.16. The van der Waals surface area contributed by atoms with Crippen molar-refractivity contribution >= 4 is 16.8 Å². The molecule has 0 radical (unpaired) electrons. The number of nitrogens with zero attached hydrogens (tertiary/aromatic N) is 1. The summed E-state index contributed by atoms with van der Waals surface area (Å²) in [6.45, 7) is 0. The summed E-state index contributed by atoms with van der Waals surface area (Å²) in [4.78, 5) is 4.38. The average Bonchev–Trinajstić information content (AvgIpc) is 2.81. The summed E-state index contributed by atoms with van der Waals surface area (Å²) in [5.74, 6) is 0.888. The quantitative estimate of drug-likeness (QED) is 0.833. The van der Waals surface area contributed by atoms with Crippen molar-refractivity contribution in [1.29, 1.82) is 0 Å². The van der Waals surface area contributed by atoms with Crippen molar-refractivity contribution in [2.75, 3.05) is 5.32 Å². The number of hydrogen-bond acceptors (Lipinski definition) is 4. The van der Waals surface area contributed by atoms with Gasteiger partial charge in [0.15, 0.2) is 0 Å². The maximum atomic E-state index is 6.13. The molecule has 1 saturated carbocycles. The first kappa shape index (κ1) is 10.6. The Kier molecular flexibility index (Phi) is 2.73. The fourth-order valence-corrected chi connectivity index (χ4v) is 2.52. The highest BCUT2D eigenvalue weighted by atomic mass is 16.3. The Morgan fingerprint density at radius 3 is 3.06 bits per heavy atom. The first-order valence-electron chi connectivity index (χ1n) is 6.19. The molecule has 2 unspecified atom stereocenters. The van der Waals surface area contributed by atoms with E-state index in [1.165, 1.54) is 12.8 Å². The molecule has 2 aromatic heterocycles. The van der Waals surface area contributed by atoms with Crippen molar-refractivity contribution in [3.8, 4) is 0 Å². The maximum Gasteiger partial charge on any atom is 0.139 e. The smallest absolute Gasteiger partial charge is 0.139 e. The van der Waals surface area contributed by atoms with Gasteiger partial charge in [0, 0.05) is 18.3 Å². The summed E-state index contributed by atoms with van der Waals surface area (Å²) < 4.78 is 5.36. The van der Waals surface area contributed by atoms with Crippen LogP contribution in [-0.2, 0) is 0 Å². The highest BCUT2D eigenvalue weighted by Crippen LogP contribution is 2.25. The van der Waals surface area contributed by atoms with E-state index in [1.807, 2.05) is 12.1 Å². The minimum Gasteiger partial charge on any atom is -0.464 e. The van der Waals surface area contributed by atoms with Gasteiger partial charge in [-0.2, -0.15) is 0 Å². The third-order valence-electron chi connectivity index (χ3n) is 3.52. The predicted octanol–water partition coefficient (Wildman–Crippen LogP) is 2.51. The van der Waals surface area contributed by atoms with Crippen LogP contribution in [0.2, 0.25) is 0 Å². The minimum atomic E-state index is 0.229. The van der Waals surface area contributed by atoms with E-state index in [1.54, 1.807) is 12.5 Å². The van der Waals surface area contributed by atoms with Gasteiger partial charge < -0.3 is 15.5 Å². The number of nitrogens with one attached hydrogen (secondary N) is 1. The molecule has 2 heterocycles. The predicted molar refractivity (Wildman–Crippen MR) is 67.9 cm³/mol. The third kappa shape index (κ3) is 2.00. The number of fused-ring (bicyclic) bond motifs is 1. The number of anilines is 1. The molecule has 0 aromatic carbocycles. The van der Waals surface area contributed by atoms with Gasteiger partial charge in [0.25, 0.3) is 0 Å². The topological polar surface area (TPSA) is 64.1 Å². The number of rotatable bonds is 2. The lowest BCUT2D eigenvalue weighted by Crippen LogP contribution is -2.42. The van der Waals surface area contributed by atoms with E-state index in [4.69, 9.17) is 10.2 Å². The van der Waals surface area contributed by atoms with Crippen molar-refractivity contribution in [3.05, 3.63) is 24.6 Å². The molecule has 4 heteroatoms. The van der Waals surface area contributed by atoms with Crippen LogP contribution in [-0.4, -0.2) is 17.1 Å². The summed E-state index contributed by atoms with van der Waals surface area (Å²) in [6, 6.07) is 4.38. The highest BCUT2D eigenvalue weighted by molar-refractivity contribution is 5.87. The Bertz CT molecular complexity index is 508. The molecule has 0 saturated heterocycles. The number of furan rings is 1. The first-order chi connectivity index (χ1) is 8.34. The molecule has 0 spiro atoms. The summed E-state index contributed by atoms with van der Waals surface area (Å²) in [5, 5.41) is 4.50. The number of nitrogens with two attached hydrogens (primary N) is 1. The lowest BCUT2D eigenvalue weighted by atomic mass is 9.91. The van der Waals surface area contributed by atoms with E-state index in [9.17, 15) is 0 Å². The first-order valence-corrected chi connectivity index (χ1v) is 6.19. The van der Waals surface area contributed by atoms with Crippen LogP contribution in [0.1, 0.15) is 25.7 Å². The second kappa shape index (κ2) is 4.37. The lowest BCUT2D eigenvalue weighted by molar-refractivity contribution is 0.403. The third-order valence-corrected chi connectivity index (χ3v) is 3.52. The van der Waals surface area contributed by atoms with Crippen molar-refractivity contribution in [1.82, 2.24) is 4.98 Å². The van der Waals surface area contributed by atoms with Gasteiger partial charge in [-0.25, -0.2) is 4.98 Å². The Labute approximate surface area is 100 Å². The number of aromatic nitrogens is 1. The standard InChI is InChI=1S/C13H17N3O/c14-10-3-1-2-4-11(10)16-13-9-6-8-17-12(9)5-7-15-13/h5-8,10-11H,1-4,14H2,(H,15,16). The molecule has 1 aliphatic carbocycles. The van der Waals surface area contributed by atoms with Gasteiger partial charge in [-0.15, -0.1) is 0 Å². The van der Waals surface area contributed by atoms with Crippen molar-refractivity contribution < 1.29 is 4.42 Å². The SMILES string of the molecule is NC1CCCCC1Nc1nccc2occc12. The molecular formula is C13H17N3O. The molecule has 0 amide bonds. The van der Waals surface area contributed by atoms with E-state index in [0.717, 1.165) is 29.6 Å². The molecule has 4 nitrogen and oxygen atoms in total. The van der Waals surface area contributed by atoms with Crippen LogP contribution in [0.25, 0.3) is 11.0 Å². The monoisotopic (exact) mass is 231 g/mol. The maximum absolute atomic E-state index is 6.13. The molecule has 0 aliphatic heterocycles. The summed E-state index contributed by atoms with van der Waals surface area (Å²) in [7, 11) is 0.